The van der Waals surface area contributed by atoms with Crippen LogP contribution < -0.4 is 9.47 Å². The van der Waals surface area contributed by atoms with Crippen molar-refractivity contribution in [3.05, 3.63) is 109 Å². The van der Waals surface area contributed by atoms with E-state index in [4.69, 9.17) is 25.8 Å². The molecule has 39 heavy (non-hydrogen) atoms. The summed E-state index contributed by atoms with van der Waals surface area (Å²) in [6.07, 6.45) is 1.65. The lowest BCUT2D eigenvalue weighted by molar-refractivity contribution is -0.138. The van der Waals surface area contributed by atoms with E-state index in [0.29, 0.717) is 37.0 Å². The largest absolute Gasteiger partial charge is 0.506 e. The van der Waals surface area contributed by atoms with Gasteiger partial charge in [0, 0.05) is 16.1 Å². The number of rotatable bonds is 8. The van der Waals surface area contributed by atoms with Gasteiger partial charge in [0.25, 0.3) is 5.91 Å². The van der Waals surface area contributed by atoms with Gasteiger partial charge in [0.15, 0.2) is 11.5 Å². The van der Waals surface area contributed by atoms with E-state index < -0.39 is 11.9 Å². The van der Waals surface area contributed by atoms with E-state index in [-0.39, 0.29) is 29.6 Å². The third kappa shape index (κ3) is 6.73. The summed E-state index contributed by atoms with van der Waals surface area (Å²) >= 11 is 10.8. The third-order valence-corrected chi connectivity index (χ3v) is 7.45. The number of carbonyl (C=O) groups excluding carboxylic acids is 2. The number of carbonyl (C=O) groups is 2. The maximum absolute atomic E-state index is 12.7. The second kappa shape index (κ2) is 13.0. The molecule has 0 aliphatic carbocycles. The standard InChI is InChI=1S/C29H23BrClNO6S/c1-3-37-29(35)24-25(33)23(39-28(24)32-27(34)18-9-5-4-6-10-18)15-17-13-20(30)26(22(14-17)36-2)38-16-19-11-7-8-12-21(19)31/h4-15,33H,3,16H2,1-2H3/b23-15-,32-28?. The van der Waals surface area contributed by atoms with E-state index in [1.54, 1.807) is 61.5 Å². The topological polar surface area (TPSA) is 94.4 Å². The number of halogens is 2. The molecule has 0 bridgehead atoms. The minimum atomic E-state index is -0.771. The van der Waals surface area contributed by atoms with Gasteiger partial charge in [0.1, 0.15) is 23.0 Å². The van der Waals surface area contributed by atoms with Crippen molar-refractivity contribution in [3.8, 4) is 11.5 Å². The Labute approximate surface area is 243 Å². The molecule has 200 valence electrons. The Morgan fingerprint density at radius 1 is 1.10 bits per heavy atom. The maximum atomic E-state index is 12.7. The summed E-state index contributed by atoms with van der Waals surface area (Å²) < 4.78 is 17.3. The number of benzene rings is 3. The summed E-state index contributed by atoms with van der Waals surface area (Å²) in [7, 11) is 1.52. The molecular weight excluding hydrogens is 606 g/mol. The van der Waals surface area contributed by atoms with Gasteiger partial charge in [-0.1, -0.05) is 59.8 Å². The quantitative estimate of drug-likeness (QED) is 0.260. The van der Waals surface area contributed by atoms with E-state index in [2.05, 4.69) is 20.9 Å². The van der Waals surface area contributed by atoms with Crippen molar-refractivity contribution >= 4 is 62.3 Å². The highest BCUT2D eigenvalue weighted by molar-refractivity contribution is 9.10. The number of esters is 1. The lowest BCUT2D eigenvalue weighted by atomic mass is 10.1. The second-order valence-corrected chi connectivity index (χ2v) is 10.3. The van der Waals surface area contributed by atoms with E-state index in [0.717, 1.165) is 17.3 Å². The average Bonchev–Trinajstić information content (AvgIpc) is 3.23. The lowest BCUT2D eigenvalue weighted by Gasteiger charge is -2.14. The molecule has 1 aliphatic heterocycles. The van der Waals surface area contributed by atoms with E-state index in [1.165, 1.54) is 7.11 Å². The number of aliphatic hydroxyl groups excluding tert-OH is 1. The fourth-order valence-corrected chi connectivity index (χ4v) is 5.39. The van der Waals surface area contributed by atoms with E-state index in [1.807, 2.05) is 18.2 Å². The smallest absolute Gasteiger partial charge is 0.344 e. The predicted molar refractivity (Wildman–Crippen MR) is 157 cm³/mol. The van der Waals surface area contributed by atoms with Crippen molar-refractivity contribution in [1.82, 2.24) is 0 Å². The summed E-state index contributed by atoms with van der Waals surface area (Å²) in [6, 6.07) is 19.3. The van der Waals surface area contributed by atoms with Crippen molar-refractivity contribution in [2.24, 2.45) is 4.99 Å². The number of methoxy groups -OCH3 is 1. The number of hydrogen-bond donors (Lipinski definition) is 1. The molecule has 0 radical (unpaired) electrons. The molecule has 7 nitrogen and oxygen atoms in total. The molecule has 3 aromatic rings. The van der Waals surface area contributed by atoms with Crippen LogP contribution in [0.25, 0.3) is 6.08 Å². The summed E-state index contributed by atoms with van der Waals surface area (Å²) in [6.45, 7) is 1.98. The van der Waals surface area contributed by atoms with E-state index >= 15 is 0 Å². The van der Waals surface area contributed by atoms with Gasteiger partial charge < -0.3 is 19.3 Å². The summed E-state index contributed by atoms with van der Waals surface area (Å²) in [5.41, 5.74) is 1.65. The minimum absolute atomic E-state index is 0.0526. The van der Waals surface area contributed by atoms with Gasteiger partial charge in [0.05, 0.1) is 23.1 Å². The zero-order valence-corrected chi connectivity index (χ0v) is 24.1. The second-order valence-electron chi connectivity index (χ2n) is 8.06. The molecule has 0 spiro atoms. The zero-order valence-electron chi connectivity index (χ0n) is 20.9. The molecule has 10 heteroatoms. The van der Waals surface area contributed by atoms with Gasteiger partial charge in [-0.25, -0.2) is 9.79 Å². The molecule has 0 atom stereocenters. The molecule has 0 aromatic heterocycles. The van der Waals surface area contributed by atoms with Crippen LogP contribution in [-0.2, 0) is 16.1 Å². The fraction of sp³-hybridized carbons (Fsp3) is 0.138. The lowest BCUT2D eigenvalue weighted by Crippen LogP contribution is -2.14. The molecule has 0 fully saturated rings. The van der Waals surface area contributed by atoms with Gasteiger partial charge in [-0.2, -0.15) is 0 Å². The van der Waals surface area contributed by atoms with E-state index in [9.17, 15) is 14.7 Å². The molecular formula is C29H23BrClNO6S. The summed E-state index contributed by atoms with van der Waals surface area (Å²) in [4.78, 5) is 29.8. The van der Waals surface area contributed by atoms with Crippen molar-refractivity contribution in [3.63, 3.8) is 0 Å². The first kappa shape index (κ1) is 28.5. The Morgan fingerprint density at radius 2 is 1.82 bits per heavy atom. The number of ether oxygens (including phenoxy) is 3. The molecule has 3 aromatic carbocycles. The number of aliphatic hydroxyl groups is 1. The van der Waals surface area contributed by atoms with Crippen LogP contribution >= 0.6 is 39.3 Å². The van der Waals surface area contributed by atoms with Crippen LogP contribution in [-0.4, -0.2) is 35.7 Å². The highest BCUT2D eigenvalue weighted by atomic mass is 79.9. The molecule has 4 rings (SSSR count). The monoisotopic (exact) mass is 627 g/mol. The fourth-order valence-electron chi connectivity index (χ4n) is 3.61. The normalized spacial score (nSPS) is 15.1. The highest BCUT2D eigenvalue weighted by Crippen LogP contribution is 2.42. The maximum Gasteiger partial charge on any atom is 0.344 e. The Kier molecular flexibility index (Phi) is 9.50. The van der Waals surface area contributed by atoms with Crippen LogP contribution in [0.1, 0.15) is 28.4 Å². The van der Waals surface area contributed by atoms with Crippen molar-refractivity contribution in [2.45, 2.75) is 13.5 Å². The molecule has 0 saturated heterocycles. The van der Waals surface area contributed by atoms with Crippen LogP contribution in [0.15, 0.2) is 92.4 Å². The number of thioether (sulfide) groups is 1. The Hall–Kier alpha value is -3.53. The van der Waals surface area contributed by atoms with Gasteiger partial charge in [-0.15, -0.1) is 0 Å². The zero-order chi connectivity index (χ0) is 27.9. The first-order valence-corrected chi connectivity index (χ1v) is 13.7. The van der Waals surface area contributed by atoms with Crippen molar-refractivity contribution < 1.29 is 28.9 Å². The molecule has 1 aliphatic rings. The number of nitrogens with zero attached hydrogens (tertiary/aromatic N) is 1. The van der Waals surface area contributed by atoms with Crippen LogP contribution in [0, 0.1) is 0 Å². The van der Waals surface area contributed by atoms with Crippen molar-refractivity contribution in [1.29, 1.82) is 0 Å². The molecule has 1 amide bonds. The number of aliphatic imine (C=N–C) groups is 1. The van der Waals surface area contributed by atoms with Crippen LogP contribution in [0.4, 0.5) is 0 Å². The molecule has 0 saturated carbocycles. The Balaban J connectivity index is 1.66. The number of hydrogen-bond acceptors (Lipinski definition) is 7. The third-order valence-electron chi connectivity index (χ3n) is 5.47. The number of amides is 1. The SMILES string of the molecule is CCOC(=O)C1=C(O)/C(=C/c2cc(Br)c(OCc3ccccc3Cl)c(OC)c2)SC1=NC(=O)c1ccccc1. The Bertz CT molecular complexity index is 1500. The van der Waals surface area contributed by atoms with Crippen LogP contribution in [0.5, 0.6) is 11.5 Å². The first-order chi connectivity index (χ1) is 18.8. The highest BCUT2D eigenvalue weighted by Gasteiger charge is 2.34. The minimum Gasteiger partial charge on any atom is -0.506 e. The molecule has 1 N–H and O–H groups in total. The first-order valence-electron chi connectivity index (χ1n) is 11.7. The van der Waals surface area contributed by atoms with Gasteiger partial charge in [-0.05, 0) is 64.8 Å². The average molecular weight is 629 g/mol. The van der Waals surface area contributed by atoms with Crippen LogP contribution in [0.3, 0.4) is 0 Å². The molecule has 0 unspecified atom stereocenters. The van der Waals surface area contributed by atoms with Crippen molar-refractivity contribution in [2.75, 3.05) is 13.7 Å². The van der Waals surface area contributed by atoms with Gasteiger partial charge >= 0.3 is 5.97 Å². The van der Waals surface area contributed by atoms with Gasteiger partial charge in [0.2, 0.25) is 0 Å². The van der Waals surface area contributed by atoms with Gasteiger partial charge in [-0.3, -0.25) is 4.79 Å². The Morgan fingerprint density at radius 3 is 2.51 bits per heavy atom. The summed E-state index contributed by atoms with van der Waals surface area (Å²) in [5.74, 6) is -0.729. The van der Waals surface area contributed by atoms with Crippen LogP contribution in [0.2, 0.25) is 5.02 Å². The summed E-state index contributed by atoms with van der Waals surface area (Å²) in [5, 5.41) is 11.6. The predicted octanol–water partition coefficient (Wildman–Crippen LogP) is 7.39. The molecule has 1 heterocycles.